The lowest BCUT2D eigenvalue weighted by molar-refractivity contribution is 0.102. The molecule has 0 bridgehead atoms. The zero-order chi connectivity index (χ0) is 15.5. The number of pyridine rings is 1. The van der Waals surface area contributed by atoms with Crippen LogP contribution in [0.5, 0.6) is 0 Å². The Morgan fingerprint density at radius 3 is 2.55 bits per heavy atom. The van der Waals surface area contributed by atoms with Crippen LogP contribution in [0.3, 0.4) is 0 Å². The van der Waals surface area contributed by atoms with Gasteiger partial charge in [-0.1, -0.05) is 30.3 Å². The van der Waals surface area contributed by atoms with Crippen molar-refractivity contribution in [3.05, 3.63) is 66.4 Å². The van der Waals surface area contributed by atoms with E-state index in [0.717, 1.165) is 16.5 Å². The van der Waals surface area contributed by atoms with Gasteiger partial charge in [0.15, 0.2) is 0 Å². The van der Waals surface area contributed by atoms with Gasteiger partial charge in [0, 0.05) is 26.0 Å². The Kier molecular flexibility index (Phi) is 3.74. The van der Waals surface area contributed by atoms with Crippen LogP contribution in [0.15, 0.2) is 60.8 Å². The topological polar surface area (TPSA) is 45.2 Å². The van der Waals surface area contributed by atoms with Crippen LogP contribution < -0.4 is 10.2 Å². The van der Waals surface area contributed by atoms with E-state index in [1.54, 1.807) is 18.3 Å². The van der Waals surface area contributed by atoms with E-state index >= 15 is 0 Å². The van der Waals surface area contributed by atoms with Gasteiger partial charge in [0.2, 0.25) is 0 Å². The van der Waals surface area contributed by atoms with Crippen molar-refractivity contribution < 1.29 is 4.79 Å². The standard InChI is InChI=1S/C18H17N3O/c1-21(2)17-16(8-5-11-19-17)18(22)20-15-10-9-13-6-3-4-7-14(13)12-15/h3-12H,1-2H3,(H,20,22). The average molecular weight is 291 g/mol. The van der Waals surface area contributed by atoms with E-state index in [0.29, 0.717) is 11.4 Å². The first-order valence-corrected chi connectivity index (χ1v) is 7.07. The van der Waals surface area contributed by atoms with Crippen LogP contribution in [0.4, 0.5) is 11.5 Å². The number of benzene rings is 2. The summed E-state index contributed by atoms with van der Waals surface area (Å²) in [5.41, 5.74) is 1.33. The fourth-order valence-corrected chi connectivity index (χ4v) is 2.40. The number of nitrogens with zero attached hydrogens (tertiary/aromatic N) is 2. The van der Waals surface area contributed by atoms with Crippen LogP contribution in [0.1, 0.15) is 10.4 Å². The molecular weight excluding hydrogens is 274 g/mol. The minimum Gasteiger partial charge on any atom is -0.362 e. The van der Waals surface area contributed by atoms with E-state index in [1.807, 2.05) is 61.5 Å². The van der Waals surface area contributed by atoms with Crippen LogP contribution >= 0.6 is 0 Å². The molecule has 3 aromatic rings. The summed E-state index contributed by atoms with van der Waals surface area (Å²) in [6.45, 7) is 0. The number of amides is 1. The molecule has 1 aromatic heterocycles. The van der Waals surface area contributed by atoms with Gasteiger partial charge in [-0.3, -0.25) is 4.79 Å². The van der Waals surface area contributed by atoms with E-state index in [2.05, 4.69) is 10.3 Å². The van der Waals surface area contributed by atoms with Gasteiger partial charge in [0.05, 0.1) is 5.56 Å². The molecule has 1 amide bonds. The van der Waals surface area contributed by atoms with E-state index in [1.165, 1.54) is 0 Å². The highest BCUT2D eigenvalue weighted by atomic mass is 16.1. The molecule has 22 heavy (non-hydrogen) atoms. The second-order valence-electron chi connectivity index (χ2n) is 5.29. The summed E-state index contributed by atoms with van der Waals surface area (Å²) in [5.74, 6) is 0.493. The fraction of sp³-hybridized carbons (Fsp3) is 0.111. The first kappa shape index (κ1) is 14.1. The Balaban J connectivity index is 1.90. The molecule has 0 aliphatic heterocycles. The van der Waals surface area contributed by atoms with Crippen molar-refractivity contribution in [3.8, 4) is 0 Å². The summed E-state index contributed by atoms with van der Waals surface area (Å²) in [4.78, 5) is 18.6. The van der Waals surface area contributed by atoms with Crippen LogP contribution in [-0.2, 0) is 0 Å². The normalized spacial score (nSPS) is 10.5. The maximum atomic E-state index is 12.5. The van der Waals surface area contributed by atoms with E-state index in [4.69, 9.17) is 0 Å². The Labute approximate surface area is 129 Å². The summed E-state index contributed by atoms with van der Waals surface area (Å²) in [7, 11) is 3.74. The zero-order valence-corrected chi connectivity index (χ0v) is 12.6. The molecule has 0 saturated carbocycles. The average Bonchev–Trinajstić information content (AvgIpc) is 2.54. The van der Waals surface area contributed by atoms with E-state index < -0.39 is 0 Å². The van der Waals surface area contributed by atoms with Crippen molar-refractivity contribution in [1.82, 2.24) is 4.98 Å². The van der Waals surface area contributed by atoms with Gasteiger partial charge in [-0.05, 0) is 35.0 Å². The minimum atomic E-state index is -0.160. The van der Waals surface area contributed by atoms with Gasteiger partial charge in [0.1, 0.15) is 5.82 Å². The smallest absolute Gasteiger partial charge is 0.259 e. The number of nitrogens with one attached hydrogen (secondary N) is 1. The molecule has 0 atom stereocenters. The molecule has 0 aliphatic rings. The molecule has 0 radical (unpaired) electrons. The van der Waals surface area contributed by atoms with Crippen molar-refractivity contribution in [2.24, 2.45) is 0 Å². The highest BCUT2D eigenvalue weighted by molar-refractivity contribution is 6.08. The van der Waals surface area contributed by atoms with Gasteiger partial charge in [0.25, 0.3) is 5.91 Å². The maximum absolute atomic E-state index is 12.5. The quantitative estimate of drug-likeness (QED) is 0.802. The molecule has 1 N–H and O–H groups in total. The zero-order valence-electron chi connectivity index (χ0n) is 12.6. The summed E-state index contributed by atoms with van der Waals surface area (Å²) in [5, 5.41) is 5.19. The number of fused-ring (bicyclic) bond motifs is 1. The second-order valence-corrected chi connectivity index (χ2v) is 5.29. The number of carbonyl (C=O) groups excluding carboxylic acids is 1. The first-order chi connectivity index (χ1) is 10.6. The number of hydrogen-bond acceptors (Lipinski definition) is 3. The van der Waals surface area contributed by atoms with Crippen LogP contribution in [-0.4, -0.2) is 25.0 Å². The molecule has 0 aliphatic carbocycles. The first-order valence-electron chi connectivity index (χ1n) is 7.07. The third-order valence-electron chi connectivity index (χ3n) is 3.46. The van der Waals surface area contributed by atoms with Crippen LogP contribution in [0.25, 0.3) is 10.8 Å². The second kappa shape index (κ2) is 5.85. The summed E-state index contributed by atoms with van der Waals surface area (Å²) in [6.07, 6.45) is 1.68. The number of rotatable bonds is 3. The van der Waals surface area contributed by atoms with Crippen molar-refractivity contribution in [2.75, 3.05) is 24.3 Å². The van der Waals surface area contributed by atoms with E-state index in [-0.39, 0.29) is 5.91 Å². The highest BCUT2D eigenvalue weighted by Crippen LogP contribution is 2.21. The lowest BCUT2D eigenvalue weighted by Gasteiger charge is -2.15. The third kappa shape index (κ3) is 2.76. The number of anilines is 2. The molecule has 2 aromatic carbocycles. The summed E-state index contributed by atoms with van der Waals surface area (Å²) in [6, 6.07) is 17.5. The molecule has 3 rings (SSSR count). The van der Waals surface area contributed by atoms with Gasteiger partial charge in [-0.2, -0.15) is 0 Å². The minimum absolute atomic E-state index is 0.160. The summed E-state index contributed by atoms with van der Waals surface area (Å²) < 4.78 is 0. The molecule has 1 heterocycles. The number of carbonyl (C=O) groups is 1. The van der Waals surface area contributed by atoms with Crippen LogP contribution in [0.2, 0.25) is 0 Å². The SMILES string of the molecule is CN(C)c1ncccc1C(=O)Nc1ccc2ccccc2c1. The molecule has 110 valence electrons. The van der Waals surface area contributed by atoms with Gasteiger partial charge in [-0.25, -0.2) is 4.98 Å². The van der Waals surface area contributed by atoms with Crippen molar-refractivity contribution in [1.29, 1.82) is 0 Å². The molecular formula is C18H17N3O. The molecule has 0 saturated heterocycles. The number of hydrogen-bond donors (Lipinski definition) is 1. The predicted molar refractivity (Wildman–Crippen MR) is 90.5 cm³/mol. The summed E-state index contributed by atoms with van der Waals surface area (Å²) >= 11 is 0. The Hall–Kier alpha value is -2.88. The lowest BCUT2D eigenvalue weighted by Crippen LogP contribution is -2.19. The molecule has 4 nitrogen and oxygen atoms in total. The Morgan fingerprint density at radius 1 is 1.00 bits per heavy atom. The predicted octanol–water partition coefficient (Wildman–Crippen LogP) is 3.55. The highest BCUT2D eigenvalue weighted by Gasteiger charge is 2.13. The van der Waals surface area contributed by atoms with Crippen molar-refractivity contribution >= 4 is 28.2 Å². The number of aromatic nitrogens is 1. The monoisotopic (exact) mass is 291 g/mol. The van der Waals surface area contributed by atoms with Crippen LogP contribution in [0, 0.1) is 0 Å². The molecule has 0 unspecified atom stereocenters. The van der Waals surface area contributed by atoms with Crippen molar-refractivity contribution in [3.63, 3.8) is 0 Å². The van der Waals surface area contributed by atoms with Gasteiger partial charge >= 0.3 is 0 Å². The molecule has 0 spiro atoms. The van der Waals surface area contributed by atoms with Gasteiger partial charge in [-0.15, -0.1) is 0 Å². The van der Waals surface area contributed by atoms with Crippen molar-refractivity contribution in [2.45, 2.75) is 0 Å². The lowest BCUT2D eigenvalue weighted by atomic mass is 10.1. The maximum Gasteiger partial charge on any atom is 0.259 e. The fourth-order valence-electron chi connectivity index (χ4n) is 2.40. The molecule has 0 fully saturated rings. The Bertz CT molecular complexity index is 827. The largest absolute Gasteiger partial charge is 0.362 e. The van der Waals surface area contributed by atoms with E-state index in [9.17, 15) is 4.79 Å². The Morgan fingerprint density at radius 2 is 1.77 bits per heavy atom. The third-order valence-corrected chi connectivity index (χ3v) is 3.46. The molecule has 4 heteroatoms. The van der Waals surface area contributed by atoms with Gasteiger partial charge < -0.3 is 10.2 Å².